The van der Waals surface area contributed by atoms with E-state index >= 15 is 0 Å². The Morgan fingerprint density at radius 3 is 2.45 bits per heavy atom. The molecule has 2 heterocycles. The van der Waals surface area contributed by atoms with Crippen molar-refractivity contribution >= 4 is 34.5 Å². The molecule has 6 rings (SSSR count). The van der Waals surface area contributed by atoms with Crippen molar-refractivity contribution in [2.45, 2.75) is 39.0 Å². The van der Waals surface area contributed by atoms with Gasteiger partial charge in [-0.05, 0) is 49.8 Å². The van der Waals surface area contributed by atoms with Crippen LogP contribution in [0.3, 0.4) is 0 Å². The van der Waals surface area contributed by atoms with Crippen LogP contribution in [-0.4, -0.2) is 38.8 Å². The first-order chi connectivity index (χ1) is 20.2. The molecule has 0 radical (unpaired) electrons. The van der Waals surface area contributed by atoms with Gasteiger partial charge < -0.3 is 14.9 Å². The van der Waals surface area contributed by atoms with Crippen molar-refractivity contribution in [2.24, 2.45) is 0 Å². The molecule has 1 aliphatic carbocycles. The van der Waals surface area contributed by atoms with Gasteiger partial charge in [0.1, 0.15) is 23.8 Å². The van der Waals surface area contributed by atoms with Crippen molar-refractivity contribution in [1.29, 1.82) is 0 Å². The van der Waals surface area contributed by atoms with Crippen LogP contribution in [0, 0.1) is 0 Å². The molecule has 0 saturated carbocycles. The molecule has 0 bridgehead atoms. The number of Topliss-reactive ketones (excluding diaryl/α,β-unsaturated/α-hetero) is 1. The maximum absolute atomic E-state index is 13.6. The third-order valence-electron chi connectivity index (χ3n) is 8.22. The molecule has 0 spiro atoms. The van der Waals surface area contributed by atoms with Crippen LogP contribution in [-0.2, 0) is 10.2 Å². The summed E-state index contributed by atoms with van der Waals surface area (Å²) >= 11 is 0. The lowest BCUT2D eigenvalue weighted by Crippen LogP contribution is -2.31. The Balaban J connectivity index is 1.42. The molecule has 2 N–H and O–H groups in total. The highest BCUT2D eigenvalue weighted by atomic mass is 16.5. The number of aliphatic hydroxyl groups excluding tert-OH is 1. The summed E-state index contributed by atoms with van der Waals surface area (Å²) in [5, 5.41) is 20.8. The second-order valence-electron chi connectivity index (χ2n) is 11.3. The number of aromatic carboxylic acids is 1. The minimum Gasteiger partial charge on any atom is -0.506 e. The number of hydrogen-bond donors (Lipinski definition) is 2. The molecule has 0 saturated heterocycles. The van der Waals surface area contributed by atoms with Crippen molar-refractivity contribution in [3.8, 4) is 5.75 Å². The highest BCUT2D eigenvalue weighted by molar-refractivity contribution is 6.24. The summed E-state index contributed by atoms with van der Waals surface area (Å²) < 4.78 is 8.32. The minimum atomic E-state index is -0.980. The molecular weight excluding hydrogens is 526 g/mol. The number of carboxylic acids is 1. The van der Waals surface area contributed by atoms with Gasteiger partial charge in [0.2, 0.25) is 11.5 Å². The van der Waals surface area contributed by atoms with E-state index in [0.29, 0.717) is 11.5 Å². The van der Waals surface area contributed by atoms with Crippen LogP contribution in [0.15, 0.2) is 108 Å². The van der Waals surface area contributed by atoms with Crippen molar-refractivity contribution in [3.63, 3.8) is 0 Å². The van der Waals surface area contributed by atoms with E-state index in [9.17, 15) is 19.8 Å². The van der Waals surface area contributed by atoms with E-state index in [1.807, 2.05) is 80.6 Å². The average Bonchev–Trinajstić information content (AvgIpc) is 3.22. The lowest BCUT2D eigenvalue weighted by atomic mass is 9.78. The Kier molecular flexibility index (Phi) is 6.77. The van der Waals surface area contributed by atoms with Gasteiger partial charge in [-0.1, -0.05) is 61.9 Å². The summed E-state index contributed by atoms with van der Waals surface area (Å²) in [5.41, 5.74) is 5.36. The Morgan fingerprint density at radius 1 is 1.00 bits per heavy atom. The van der Waals surface area contributed by atoms with Crippen LogP contribution in [0.4, 0.5) is 5.69 Å². The van der Waals surface area contributed by atoms with Gasteiger partial charge >= 0.3 is 5.97 Å². The maximum atomic E-state index is 13.6. The number of nitrogens with zero attached hydrogens (tertiary/aromatic N) is 1. The predicted octanol–water partition coefficient (Wildman–Crippen LogP) is 7.40. The fourth-order valence-electron chi connectivity index (χ4n) is 5.85. The number of rotatable bonds is 7. The maximum Gasteiger partial charge on any atom is 0.335 e. The van der Waals surface area contributed by atoms with Crippen LogP contribution in [0.5, 0.6) is 5.75 Å². The van der Waals surface area contributed by atoms with Gasteiger partial charge in [-0.3, -0.25) is 4.79 Å². The molecule has 3 aromatic rings. The third kappa shape index (κ3) is 4.49. The van der Waals surface area contributed by atoms with E-state index in [2.05, 4.69) is 11.5 Å². The number of carbonyl (C=O) groups excluding carboxylic acids is 1. The number of carbonyl (C=O) groups is 2. The molecule has 0 aromatic heterocycles. The van der Waals surface area contributed by atoms with E-state index < -0.39 is 11.4 Å². The second-order valence-corrected chi connectivity index (χ2v) is 11.3. The van der Waals surface area contributed by atoms with Gasteiger partial charge in [-0.25, -0.2) is 4.79 Å². The monoisotopic (exact) mass is 558 g/mol. The summed E-state index contributed by atoms with van der Waals surface area (Å²) in [6.45, 7) is 6.89. The number of benzene rings is 3. The summed E-state index contributed by atoms with van der Waals surface area (Å²) in [4.78, 5) is 25.3. The molecule has 6 heteroatoms. The minimum absolute atomic E-state index is 0.0490. The molecule has 210 valence electrons. The number of aliphatic hydroxyl groups is 1. The largest absolute Gasteiger partial charge is 0.506 e. The van der Waals surface area contributed by atoms with E-state index in [1.165, 1.54) is 0 Å². The first-order valence-corrected chi connectivity index (χ1v) is 14.2. The van der Waals surface area contributed by atoms with Crippen LogP contribution in [0.25, 0.3) is 11.3 Å². The number of allylic oxidation sites excluding steroid dienone is 6. The quantitative estimate of drug-likeness (QED) is 0.233. The number of fused-ring (bicyclic) bond motifs is 2. The average molecular weight is 559 g/mol. The molecule has 0 unspecified atom stereocenters. The molecule has 0 atom stereocenters. The summed E-state index contributed by atoms with van der Waals surface area (Å²) in [6.07, 6.45) is 7.30. The Bertz CT molecular complexity index is 1800. The summed E-state index contributed by atoms with van der Waals surface area (Å²) in [5.74, 6) is 0.0799. The zero-order chi connectivity index (χ0) is 29.6. The fraction of sp³-hybridized carbons (Fsp3) is 0.194. The van der Waals surface area contributed by atoms with E-state index in [0.717, 1.165) is 53.0 Å². The van der Waals surface area contributed by atoms with Gasteiger partial charge in [-0.15, -0.1) is 0 Å². The number of ether oxygens (including phenoxy) is 1. The molecule has 6 nitrogen and oxygen atoms in total. The van der Waals surface area contributed by atoms with Gasteiger partial charge in [-0.2, -0.15) is 4.58 Å². The highest BCUT2D eigenvalue weighted by Gasteiger charge is 2.46. The summed E-state index contributed by atoms with van der Waals surface area (Å²) in [6, 6.07) is 22.6. The number of carboxylic acid groups (broad SMARTS) is 1. The summed E-state index contributed by atoms with van der Waals surface area (Å²) in [7, 11) is 0. The number of ketones is 1. The predicted molar refractivity (Wildman–Crippen MR) is 163 cm³/mol. The fourth-order valence-corrected chi connectivity index (χ4v) is 5.85. The van der Waals surface area contributed by atoms with Crippen molar-refractivity contribution in [1.82, 2.24) is 0 Å². The molecule has 2 aliphatic heterocycles. The van der Waals surface area contributed by atoms with Crippen LogP contribution in [0.2, 0.25) is 0 Å². The van der Waals surface area contributed by atoms with Crippen molar-refractivity contribution < 1.29 is 29.1 Å². The Labute approximate surface area is 244 Å². The zero-order valence-electron chi connectivity index (χ0n) is 23.8. The molecular formula is C36H32NO5+. The molecule has 0 amide bonds. The van der Waals surface area contributed by atoms with Crippen LogP contribution >= 0.6 is 0 Å². The molecule has 3 aliphatic rings. The van der Waals surface area contributed by atoms with Crippen molar-refractivity contribution in [2.75, 3.05) is 6.54 Å². The first kappa shape index (κ1) is 27.2. The first-order valence-electron chi connectivity index (χ1n) is 14.2. The number of hydrogen-bond acceptors (Lipinski definition) is 4. The van der Waals surface area contributed by atoms with Gasteiger partial charge in [0, 0.05) is 35.3 Å². The zero-order valence-corrected chi connectivity index (χ0v) is 23.8. The van der Waals surface area contributed by atoms with Crippen LogP contribution < -0.4 is 4.74 Å². The number of para-hydroxylation sites is 1. The SMILES string of the molecule is CCCC[N+]1=C(/C=C2\C(=O)C(/C=C3/C=C(c4ccccc4)Oc4ccccc43)=C2O)C(C)(C)c2cc(C(=O)O)ccc21. The topological polar surface area (TPSA) is 86.8 Å². The van der Waals surface area contributed by atoms with Gasteiger partial charge in [0.15, 0.2) is 5.71 Å². The number of unbranched alkanes of at least 4 members (excludes halogenated alkanes) is 1. The van der Waals surface area contributed by atoms with Gasteiger partial charge in [0.25, 0.3) is 0 Å². The molecule has 0 fully saturated rings. The highest BCUT2D eigenvalue weighted by Crippen LogP contribution is 2.43. The van der Waals surface area contributed by atoms with Crippen molar-refractivity contribution in [3.05, 3.63) is 130 Å². The molecule has 42 heavy (non-hydrogen) atoms. The van der Waals surface area contributed by atoms with E-state index in [1.54, 1.807) is 24.3 Å². The Morgan fingerprint density at radius 2 is 1.74 bits per heavy atom. The lowest BCUT2D eigenvalue weighted by molar-refractivity contribution is -0.438. The molecule has 3 aromatic carbocycles. The third-order valence-corrected chi connectivity index (χ3v) is 8.22. The van der Waals surface area contributed by atoms with E-state index in [4.69, 9.17) is 4.74 Å². The Hall–Kier alpha value is -4.97. The van der Waals surface area contributed by atoms with Gasteiger partial charge in [0.05, 0.1) is 22.1 Å². The normalized spacial score (nSPS) is 18.9. The lowest BCUT2D eigenvalue weighted by Gasteiger charge is -2.24. The van der Waals surface area contributed by atoms with Crippen LogP contribution in [0.1, 0.15) is 60.7 Å². The second kappa shape index (κ2) is 10.5. The van der Waals surface area contributed by atoms with E-state index in [-0.39, 0.29) is 28.3 Å². The standard InChI is InChI=1S/C36H31NO5/c1-4-5-17-37-29-16-15-23(35(40)41)19-28(29)36(2,3)32(37)21-27-33(38)26(34(27)39)18-24-20-31(22-11-7-6-8-12-22)42-30-14-10-9-13-25(24)30/h6-16,18-21H,4-5,17H2,1-3H3,(H-,38,39,40,41)/p+1/b24-18-. The smallest absolute Gasteiger partial charge is 0.335 e.